The molecule has 1 N–H and O–H groups in total. The Morgan fingerprint density at radius 2 is 1.70 bits per heavy atom. The maximum absolute atomic E-state index is 11.7. The highest BCUT2D eigenvalue weighted by molar-refractivity contribution is 7.95. The van der Waals surface area contributed by atoms with Crippen molar-refractivity contribution in [1.29, 1.82) is 5.26 Å². The molecule has 10 heteroatoms. The summed E-state index contributed by atoms with van der Waals surface area (Å²) in [5.41, 5.74) is 0.111. The molecule has 0 fully saturated rings. The molecule has 0 aromatic heterocycles. The van der Waals surface area contributed by atoms with Crippen LogP contribution in [0.4, 0.5) is 5.69 Å². The molecule has 0 aliphatic heterocycles. The van der Waals surface area contributed by atoms with Gasteiger partial charge in [-0.25, -0.2) is 16.8 Å². The van der Waals surface area contributed by atoms with Crippen molar-refractivity contribution in [3.8, 4) is 6.07 Å². The smallest absolute Gasteiger partial charge is 0.264 e. The van der Waals surface area contributed by atoms with Gasteiger partial charge in [-0.05, 0) is 24.3 Å². The summed E-state index contributed by atoms with van der Waals surface area (Å²) in [5.74, 6) is 0. The summed E-state index contributed by atoms with van der Waals surface area (Å²) in [6.07, 6.45) is 0.831. The maximum Gasteiger partial charge on any atom is 0.264 e. The molecule has 0 heterocycles. The summed E-state index contributed by atoms with van der Waals surface area (Å²) in [6.45, 7) is 0. The first-order valence-electron chi connectivity index (χ1n) is 4.90. The number of alkyl halides is 2. The minimum Gasteiger partial charge on any atom is -0.281 e. The van der Waals surface area contributed by atoms with Crippen LogP contribution < -0.4 is 4.72 Å². The van der Waals surface area contributed by atoms with Crippen LogP contribution in [0.1, 0.15) is 0 Å². The molecule has 6 nitrogen and oxygen atoms in total. The molecule has 1 aromatic carbocycles. The standard InChI is InChI=1S/C10H8Cl2N2O4S2/c11-10(12)20(17,18)14-8-2-4-9(5-3-8)19(15,16)7-1-6-13/h1-5,7,10,14H. The van der Waals surface area contributed by atoms with Crippen LogP contribution >= 0.6 is 23.2 Å². The van der Waals surface area contributed by atoms with E-state index in [9.17, 15) is 16.8 Å². The number of nitrogens with one attached hydrogen (secondary N) is 1. The predicted octanol–water partition coefficient (Wildman–Crippen LogP) is 2.00. The van der Waals surface area contributed by atoms with Gasteiger partial charge < -0.3 is 0 Å². The molecule has 0 bridgehead atoms. The Hall–Kier alpha value is -1.27. The van der Waals surface area contributed by atoms with E-state index >= 15 is 0 Å². The number of allylic oxidation sites excluding steroid dienone is 1. The largest absolute Gasteiger partial charge is 0.281 e. The first-order chi connectivity index (χ1) is 9.19. The minimum absolute atomic E-state index is 0.0831. The van der Waals surface area contributed by atoms with Gasteiger partial charge in [-0.3, -0.25) is 4.72 Å². The third-order valence-electron chi connectivity index (χ3n) is 2.00. The number of nitriles is 1. The molecule has 1 aromatic rings. The second-order valence-electron chi connectivity index (χ2n) is 3.41. The molecule has 0 spiro atoms. The van der Waals surface area contributed by atoms with Crippen molar-refractivity contribution in [3.05, 3.63) is 35.7 Å². The van der Waals surface area contributed by atoms with Gasteiger partial charge in [0.25, 0.3) is 10.0 Å². The van der Waals surface area contributed by atoms with E-state index in [-0.39, 0.29) is 10.6 Å². The lowest BCUT2D eigenvalue weighted by Gasteiger charge is -2.08. The van der Waals surface area contributed by atoms with E-state index in [1.807, 2.05) is 0 Å². The zero-order chi connectivity index (χ0) is 15.4. The fourth-order valence-electron chi connectivity index (χ4n) is 1.12. The summed E-state index contributed by atoms with van der Waals surface area (Å²) >= 11 is 10.5. The van der Waals surface area contributed by atoms with Gasteiger partial charge in [0.15, 0.2) is 0 Å². The maximum atomic E-state index is 11.7. The van der Waals surface area contributed by atoms with Crippen LogP contribution in [-0.4, -0.2) is 21.0 Å². The number of halogens is 2. The Morgan fingerprint density at radius 1 is 1.15 bits per heavy atom. The van der Waals surface area contributed by atoms with Gasteiger partial charge in [-0.1, -0.05) is 23.2 Å². The van der Waals surface area contributed by atoms with Gasteiger partial charge in [-0.15, -0.1) is 0 Å². The Balaban J connectivity index is 3.02. The molecule has 0 radical (unpaired) electrons. The van der Waals surface area contributed by atoms with Crippen LogP contribution in [-0.2, 0) is 19.9 Å². The minimum atomic E-state index is -3.94. The predicted molar refractivity (Wildman–Crippen MR) is 76.4 cm³/mol. The fraction of sp³-hybridized carbons (Fsp3) is 0.100. The molecule has 0 atom stereocenters. The number of rotatable bonds is 5. The second-order valence-corrected chi connectivity index (χ2v) is 8.62. The monoisotopic (exact) mass is 354 g/mol. The highest BCUT2D eigenvalue weighted by Gasteiger charge is 2.20. The van der Waals surface area contributed by atoms with Gasteiger partial charge in [0.2, 0.25) is 14.0 Å². The number of hydrogen-bond acceptors (Lipinski definition) is 5. The number of nitrogens with zero attached hydrogens (tertiary/aromatic N) is 1. The first kappa shape index (κ1) is 16.8. The molecule has 0 aliphatic carbocycles. The number of hydrogen-bond donors (Lipinski definition) is 1. The van der Waals surface area contributed by atoms with E-state index in [0.717, 1.165) is 11.5 Å². The quantitative estimate of drug-likeness (QED) is 0.643. The molecule has 0 unspecified atom stereocenters. The van der Waals surface area contributed by atoms with E-state index in [4.69, 9.17) is 28.5 Å². The Kier molecular flexibility index (Phi) is 5.42. The second kappa shape index (κ2) is 6.45. The van der Waals surface area contributed by atoms with Crippen molar-refractivity contribution in [2.75, 3.05) is 4.72 Å². The normalized spacial score (nSPS) is 12.5. The summed E-state index contributed by atoms with van der Waals surface area (Å²) in [7, 11) is -7.67. The molecule has 0 saturated heterocycles. The average molecular weight is 355 g/mol. The van der Waals surface area contributed by atoms with Crippen LogP contribution in [0.5, 0.6) is 0 Å². The topological polar surface area (TPSA) is 104 Å². The van der Waals surface area contributed by atoms with Crippen molar-refractivity contribution in [2.24, 2.45) is 0 Å². The van der Waals surface area contributed by atoms with Crippen LogP contribution in [0.3, 0.4) is 0 Å². The zero-order valence-electron chi connectivity index (χ0n) is 9.69. The van der Waals surface area contributed by atoms with Crippen LogP contribution in [0, 0.1) is 11.3 Å². The van der Waals surface area contributed by atoms with Gasteiger partial charge in [0.1, 0.15) is 0 Å². The molecular weight excluding hydrogens is 347 g/mol. The van der Waals surface area contributed by atoms with Crippen molar-refractivity contribution >= 4 is 48.7 Å². The van der Waals surface area contributed by atoms with Crippen LogP contribution in [0.25, 0.3) is 0 Å². The summed E-state index contributed by atoms with van der Waals surface area (Å²) in [6, 6.07) is 6.42. The first-order valence-corrected chi connectivity index (χ1v) is 8.87. The summed E-state index contributed by atoms with van der Waals surface area (Å²) in [4.78, 5) is -0.0831. The van der Waals surface area contributed by atoms with Crippen molar-refractivity contribution in [2.45, 2.75) is 9.06 Å². The Labute approximate surface area is 126 Å². The SMILES string of the molecule is N#CC=CS(=O)(=O)c1ccc(NS(=O)(=O)C(Cl)Cl)cc1. The highest BCUT2D eigenvalue weighted by atomic mass is 35.5. The molecular formula is C10H8Cl2N2O4S2. The van der Waals surface area contributed by atoms with Crippen LogP contribution in [0.15, 0.2) is 40.6 Å². The van der Waals surface area contributed by atoms with E-state index in [1.54, 1.807) is 6.07 Å². The highest BCUT2D eigenvalue weighted by Crippen LogP contribution is 2.19. The van der Waals surface area contributed by atoms with Crippen molar-refractivity contribution in [3.63, 3.8) is 0 Å². The Bertz CT molecular complexity index is 747. The van der Waals surface area contributed by atoms with Gasteiger partial charge in [-0.2, -0.15) is 5.26 Å². The molecule has 20 heavy (non-hydrogen) atoms. The average Bonchev–Trinajstić information content (AvgIpc) is 2.36. The number of sulfonamides is 1. The van der Waals surface area contributed by atoms with E-state index in [1.165, 1.54) is 24.3 Å². The summed E-state index contributed by atoms with van der Waals surface area (Å²) in [5, 5.41) is 9.05. The van der Waals surface area contributed by atoms with Gasteiger partial charge in [0.05, 0.1) is 11.0 Å². The Morgan fingerprint density at radius 3 is 2.15 bits per heavy atom. The van der Waals surface area contributed by atoms with E-state index in [0.29, 0.717) is 0 Å². The summed E-state index contributed by atoms with van der Waals surface area (Å²) < 4.78 is 46.6. The number of sulfone groups is 1. The van der Waals surface area contributed by atoms with Gasteiger partial charge >= 0.3 is 0 Å². The lowest BCUT2D eigenvalue weighted by molar-refractivity contribution is 0.603. The van der Waals surface area contributed by atoms with Gasteiger partial charge in [0, 0.05) is 17.2 Å². The third-order valence-corrected chi connectivity index (χ3v) is 5.82. The number of anilines is 1. The lowest BCUT2D eigenvalue weighted by Crippen LogP contribution is -2.19. The number of benzene rings is 1. The van der Waals surface area contributed by atoms with E-state index < -0.39 is 24.0 Å². The molecule has 0 saturated carbocycles. The molecule has 1 rings (SSSR count). The van der Waals surface area contributed by atoms with E-state index in [2.05, 4.69) is 4.72 Å². The molecule has 108 valence electrons. The molecule has 0 amide bonds. The van der Waals surface area contributed by atoms with Crippen LogP contribution in [0.2, 0.25) is 0 Å². The lowest BCUT2D eigenvalue weighted by atomic mass is 10.3. The zero-order valence-corrected chi connectivity index (χ0v) is 12.8. The van der Waals surface area contributed by atoms with Crippen molar-refractivity contribution < 1.29 is 16.8 Å². The fourth-order valence-corrected chi connectivity index (χ4v) is 2.85. The van der Waals surface area contributed by atoms with Crippen molar-refractivity contribution in [1.82, 2.24) is 0 Å². The third kappa shape index (κ3) is 4.38. The molecule has 0 aliphatic rings.